The van der Waals surface area contributed by atoms with Gasteiger partial charge in [-0.1, -0.05) is 12.1 Å². The Kier molecular flexibility index (Phi) is 5.79. The van der Waals surface area contributed by atoms with Crippen molar-refractivity contribution in [1.82, 2.24) is 0 Å². The van der Waals surface area contributed by atoms with E-state index in [4.69, 9.17) is 0 Å². The zero-order valence-corrected chi connectivity index (χ0v) is 15.3. The van der Waals surface area contributed by atoms with E-state index >= 15 is 0 Å². The van der Waals surface area contributed by atoms with Crippen molar-refractivity contribution in [3.05, 3.63) is 67.8 Å². The van der Waals surface area contributed by atoms with Crippen LogP contribution in [-0.4, -0.2) is 35.8 Å². The Morgan fingerprint density at radius 3 is 1.25 bits per heavy atom. The van der Waals surface area contributed by atoms with Crippen LogP contribution in [0.25, 0.3) is 0 Å². The smallest absolute Gasteiger partial charge is 0.270 e. The van der Waals surface area contributed by atoms with Gasteiger partial charge in [-0.2, -0.15) is 0 Å². The Hall–Kier alpha value is -2.94. The first-order valence-electron chi connectivity index (χ1n) is 7.27. The van der Waals surface area contributed by atoms with Crippen LogP contribution in [0.1, 0.15) is 11.1 Å². The number of benzene rings is 2. The number of hydrogen-bond acceptors (Lipinski definition) is 10. The zero-order valence-electron chi connectivity index (χ0n) is 13.7. The second-order valence-corrected chi connectivity index (χ2v) is 8.20. The van der Waals surface area contributed by atoms with Crippen LogP contribution in [-0.2, 0) is 33.1 Å². The molecule has 0 radical (unpaired) electrons. The summed E-state index contributed by atoms with van der Waals surface area (Å²) in [6.45, 7) is 0. The lowest BCUT2D eigenvalue weighted by molar-refractivity contribution is -0.385. The minimum Gasteiger partial charge on any atom is -0.744 e. The van der Waals surface area contributed by atoms with E-state index in [1.807, 2.05) is 0 Å². The van der Waals surface area contributed by atoms with Crippen LogP contribution in [0.15, 0.2) is 46.2 Å². The highest BCUT2D eigenvalue weighted by atomic mass is 32.2. The summed E-state index contributed by atoms with van der Waals surface area (Å²) in [5.41, 5.74) is -1.52. The van der Waals surface area contributed by atoms with E-state index in [2.05, 4.69) is 0 Å². The third kappa shape index (κ3) is 4.86. The number of nitro groups is 2. The summed E-state index contributed by atoms with van der Waals surface area (Å²) in [6, 6.07) is 5.15. The van der Waals surface area contributed by atoms with Gasteiger partial charge in [0, 0.05) is 24.3 Å². The maximum Gasteiger partial charge on any atom is 0.270 e. The molecule has 0 atom stereocenters. The normalized spacial score (nSPS) is 11.9. The first-order chi connectivity index (χ1) is 12.8. The summed E-state index contributed by atoms with van der Waals surface area (Å²) in [5.74, 6) is 0. The number of rotatable bonds is 7. The van der Waals surface area contributed by atoms with Crippen molar-refractivity contribution < 1.29 is 35.8 Å². The highest BCUT2D eigenvalue weighted by Gasteiger charge is 2.18. The van der Waals surface area contributed by atoms with E-state index in [0.29, 0.717) is 12.1 Å². The second kappa shape index (κ2) is 7.59. The molecule has 0 fully saturated rings. The average molecular weight is 430 g/mol. The van der Waals surface area contributed by atoms with Crippen LogP contribution >= 0.6 is 0 Å². The largest absolute Gasteiger partial charge is 0.744 e. The Morgan fingerprint density at radius 1 is 0.679 bits per heavy atom. The fourth-order valence-electron chi connectivity index (χ4n) is 2.46. The molecule has 28 heavy (non-hydrogen) atoms. The van der Waals surface area contributed by atoms with E-state index in [1.165, 1.54) is 0 Å². The van der Waals surface area contributed by atoms with E-state index in [-0.39, 0.29) is 24.0 Å². The number of non-ortho nitro benzene ring substituents is 2. The van der Waals surface area contributed by atoms with Crippen molar-refractivity contribution in [2.24, 2.45) is 0 Å². The van der Waals surface area contributed by atoms with Crippen LogP contribution in [0.4, 0.5) is 11.4 Å². The van der Waals surface area contributed by atoms with Gasteiger partial charge in [0.1, 0.15) is 20.2 Å². The fourth-order valence-corrected chi connectivity index (χ4v) is 3.97. The summed E-state index contributed by atoms with van der Waals surface area (Å²) in [6.07, 6.45) is -0.537. The van der Waals surface area contributed by atoms with Crippen molar-refractivity contribution in [3.63, 3.8) is 0 Å². The van der Waals surface area contributed by atoms with Gasteiger partial charge in [0.25, 0.3) is 11.4 Å². The number of nitrogens with zero attached hydrogens (tertiary/aromatic N) is 2. The molecule has 2 aromatic rings. The monoisotopic (exact) mass is 430 g/mol. The van der Waals surface area contributed by atoms with Crippen LogP contribution < -0.4 is 0 Å². The SMILES string of the molecule is O=[N+]([O-])c1ccc(CCc2ccc([N+](=O)[O-])cc2S(=O)(=O)[O-])c(S(=O)(=O)[O-])c1. The summed E-state index contributed by atoms with van der Waals surface area (Å²) in [7, 11) is -10.1. The third-order valence-electron chi connectivity index (χ3n) is 3.73. The van der Waals surface area contributed by atoms with Crippen molar-refractivity contribution in [1.29, 1.82) is 0 Å². The first-order valence-corrected chi connectivity index (χ1v) is 10.1. The Bertz CT molecular complexity index is 1080. The summed E-state index contributed by atoms with van der Waals surface area (Å²) >= 11 is 0. The van der Waals surface area contributed by atoms with Gasteiger partial charge in [0.2, 0.25) is 0 Å². The van der Waals surface area contributed by atoms with E-state index in [9.17, 15) is 46.2 Å². The van der Waals surface area contributed by atoms with Gasteiger partial charge < -0.3 is 9.11 Å². The molecule has 0 amide bonds. The third-order valence-corrected chi connectivity index (χ3v) is 5.56. The van der Waals surface area contributed by atoms with Gasteiger partial charge in [-0.25, -0.2) is 16.8 Å². The molecular formula is C14H10N2O10S2-2. The highest BCUT2D eigenvalue weighted by molar-refractivity contribution is 7.86. The second-order valence-electron chi connectivity index (χ2n) is 5.51. The summed E-state index contributed by atoms with van der Waals surface area (Å²) in [5, 5.41) is 21.5. The molecular weight excluding hydrogens is 420 g/mol. The van der Waals surface area contributed by atoms with Gasteiger partial charge >= 0.3 is 0 Å². The molecule has 14 heteroatoms. The Morgan fingerprint density at radius 2 is 1.00 bits per heavy atom. The first kappa shape index (κ1) is 21.4. The Balaban J connectivity index is 2.47. The molecule has 0 unspecified atom stereocenters. The molecule has 0 aliphatic heterocycles. The van der Waals surface area contributed by atoms with Crippen molar-refractivity contribution in [2.45, 2.75) is 22.6 Å². The highest BCUT2D eigenvalue weighted by Crippen LogP contribution is 2.26. The topological polar surface area (TPSA) is 201 Å². The van der Waals surface area contributed by atoms with Gasteiger partial charge in [0.05, 0.1) is 19.6 Å². The maximum absolute atomic E-state index is 11.4. The molecule has 2 aromatic carbocycles. The lowest BCUT2D eigenvalue weighted by Gasteiger charge is -2.15. The van der Waals surface area contributed by atoms with Gasteiger partial charge in [-0.05, 0) is 24.0 Å². The average Bonchev–Trinajstić information content (AvgIpc) is 2.57. The molecule has 150 valence electrons. The van der Waals surface area contributed by atoms with Crippen molar-refractivity contribution in [3.8, 4) is 0 Å². The number of hydrogen-bond donors (Lipinski definition) is 0. The standard InChI is InChI=1S/C14H12N2O10S2/c17-15(18)11-5-3-9(13(7-11)27(21,22)23)1-2-10-4-6-12(16(19)20)8-14(10)28(24,25)26/h3-8H,1-2H2,(H,21,22,23)(H,24,25,26)/p-2. The van der Waals surface area contributed by atoms with Crippen molar-refractivity contribution >= 4 is 31.6 Å². The van der Waals surface area contributed by atoms with E-state index in [0.717, 1.165) is 24.3 Å². The van der Waals surface area contributed by atoms with Crippen LogP contribution in [0, 0.1) is 20.2 Å². The van der Waals surface area contributed by atoms with Crippen LogP contribution in [0.5, 0.6) is 0 Å². The van der Waals surface area contributed by atoms with E-state index in [1.54, 1.807) is 0 Å². The molecule has 12 nitrogen and oxygen atoms in total. The molecule has 0 saturated heterocycles. The lowest BCUT2D eigenvalue weighted by atomic mass is 10.0. The van der Waals surface area contributed by atoms with Gasteiger partial charge in [-0.3, -0.25) is 20.2 Å². The molecule has 0 aromatic heterocycles. The van der Waals surface area contributed by atoms with Gasteiger partial charge in [-0.15, -0.1) is 0 Å². The predicted molar refractivity (Wildman–Crippen MR) is 89.5 cm³/mol. The van der Waals surface area contributed by atoms with Crippen LogP contribution in [0.3, 0.4) is 0 Å². The number of aryl methyl sites for hydroxylation is 2. The fraction of sp³-hybridized carbons (Fsp3) is 0.143. The molecule has 0 aliphatic carbocycles. The Labute approximate surface area is 158 Å². The van der Waals surface area contributed by atoms with Crippen molar-refractivity contribution in [2.75, 3.05) is 0 Å². The number of nitro benzene ring substituents is 2. The maximum atomic E-state index is 11.4. The molecule has 0 aliphatic rings. The zero-order chi connectivity index (χ0) is 21.3. The lowest BCUT2D eigenvalue weighted by Crippen LogP contribution is -2.08. The molecule has 0 saturated carbocycles. The van der Waals surface area contributed by atoms with E-state index < -0.39 is 51.2 Å². The summed E-state index contributed by atoms with van der Waals surface area (Å²) < 4.78 is 68.3. The van der Waals surface area contributed by atoms with Gasteiger partial charge in [0.15, 0.2) is 0 Å². The predicted octanol–water partition coefficient (Wildman–Crippen LogP) is 1.10. The molecule has 0 bridgehead atoms. The quantitative estimate of drug-likeness (QED) is 0.347. The molecule has 0 heterocycles. The summed E-state index contributed by atoms with van der Waals surface area (Å²) in [4.78, 5) is 18.0. The molecule has 0 spiro atoms. The molecule has 2 rings (SSSR count). The minimum atomic E-state index is -5.07. The van der Waals surface area contributed by atoms with Crippen LogP contribution in [0.2, 0.25) is 0 Å². The minimum absolute atomic E-state index is 0.131. The molecule has 0 N–H and O–H groups in total.